The largest absolute Gasteiger partial charge is 0.497 e. The summed E-state index contributed by atoms with van der Waals surface area (Å²) in [6, 6.07) is 10.1. The first-order valence-corrected chi connectivity index (χ1v) is 5.92. The van der Waals surface area contributed by atoms with Crippen LogP contribution in [0.15, 0.2) is 47.3 Å². The molecule has 4 heteroatoms. The molecular formula is C14H18N2O2. The van der Waals surface area contributed by atoms with Crippen molar-refractivity contribution in [1.29, 1.82) is 0 Å². The highest BCUT2D eigenvalue weighted by molar-refractivity contribution is 5.29. The van der Waals surface area contributed by atoms with Gasteiger partial charge in [-0.3, -0.25) is 11.3 Å². The predicted molar refractivity (Wildman–Crippen MR) is 70.2 cm³/mol. The summed E-state index contributed by atoms with van der Waals surface area (Å²) >= 11 is 0. The summed E-state index contributed by atoms with van der Waals surface area (Å²) in [5.41, 5.74) is 5.18. The third-order valence-electron chi connectivity index (χ3n) is 2.91. The van der Waals surface area contributed by atoms with E-state index in [9.17, 15) is 0 Å². The molecule has 1 heterocycles. The van der Waals surface area contributed by atoms with E-state index in [-0.39, 0.29) is 6.04 Å². The van der Waals surface area contributed by atoms with Crippen LogP contribution in [0, 0.1) is 0 Å². The van der Waals surface area contributed by atoms with Gasteiger partial charge in [0.2, 0.25) is 0 Å². The van der Waals surface area contributed by atoms with Gasteiger partial charge in [0.25, 0.3) is 0 Å². The van der Waals surface area contributed by atoms with Gasteiger partial charge < -0.3 is 9.15 Å². The van der Waals surface area contributed by atoms with Crippen molar-refractivity contribution in [3.05, 3.63) is 54.0 Å². The Morgan fingerprint density at radius 3 is 2.78 bits per heavy atom. The van der Waals surface area contributed by atoms with E-state index in [0.29, 0.717) is 0 Å². The number of benzene rings is 1. The fraction of sp³-hybridized carbons (Fsp3) is 0.286. The molecule has 96 valence electrons. The Morgan fingerprint density at radius 2 is 2.11 bits per heavy atom. The number of hydrogen-bond donors (Lipinski definition) is 2. The number of ether oxygens (including phenoxy) is 1. The second kappa shape index (κ2) is 6.23. The van der Waals surface area contributed by atoms with E-state index in [1.165, 1.54) is 5.56 Å². The van der Waals surface area contributed by atoms with E-state index in [0.717, 1.165) is 24.2 Å². The minimum absolute atomic E-state index is 0.176. The first-order valence-electron chi connectivity index (χ1n) is 5.92. The molecule has 2 aromatic rings. The van der Waals surface area contributed by atoms with E-state index >= 15 is 0 Å². The molecular weight excluding hydrogens is 228 g/mol. The van der Waals surface area contributed by atoms with Gasteiger partial charge in [0.15, 0.2) is 0 Å². The SMILES string of the molecule is COc1cccc(CC(Cc2ccoc2)NN)c1. The highest BCUT2D eigenvalue weighted by Gasteiger charge is 2.10. The summed E-state index contributed by atoms with van der Waals surface area (Å²) < 4.78 is 10.3. The number of nitrogens with one attached hydrogen (secondary N) is 1. The molecule has 1 aromatic carbocycles. The van der Waals surface area contributed by atoms with E-state index in [4.69, 9.17) is 15.0 Å². The van der Waals surface area contributed by atoms with Crippen LogP contribution in [0.5, 0.6) is 5.75 Å². The number of hydrogen-bond acceptors (Lipinski definition) is 4. The first-order chi connectivity index (χ1) is 8.81. The third kappa shape index (κ3) is 3.35. The van der Waals surface area contributed by atoms with Crippen molar-refractivity contribution in [1.82, 2.24) is 5.43 Å². The minimum atomic E-state index is 0.176. The maximum atomic E-state index is 5.60. The number of nitrogens with two attached hydrogens (primary N) is 1. The minimum Gasteiger partial charge on any atom is -0.497 e. The normalized spacial score (nSPS) is 12.3. The highest BCUT2D eigenvalue weighted by Crippen LogP contribution is 2.15. The lowest BCUT2D eigenvalue weighted by atomic mass is 10.0. The molecule has 2 rings (SSSR count). The second-order valence-electron chi connectivity index (χ2n) is 4.25. The van der Waals surface area contributed by atoms with E-state index < -0.39 is 0 Å². The summed E-state index contributed by atoms with van der Waals surface area (Å²) in [5.74, 6) is 6.46. The Hall–Kier alpha value is -1.78. The molecule has 0 saturated heterocycles. The molecule has 0 aliphatic rings. The van der Waals surface area contributed by atoms with Gasteiger partial charge >= 0.3 is 0 Å². The lowest BCUT2D eigenvalue weighted by molar-refractivity contribution is 0.413. The summed E-state index contributed by atoms with van der Waals surface area (Å²) in [6.45, 7) is 0. The summed E-state index contributed by atoms with van der Waals surface area (Å²) in [6.07, 6.45) is 5.10. The van der Waals surface area contributed by atoms with Crippen LogP contribution in [0.25, 0.3) is 0 Å². The molecule has 0 radical (unpaired) electrons. The molecule has 0 spiro atoms. The topological polar surface area (TPSA) is 60.4 Å². The van der Waals surface area contributed by atoms with E-state index in [2.05, 4.69) is 11.5 Å². The average Bonchev–Trinajstić information content (AvgIpc) is 2.91. The van der Waals surface area contributed by atoms with Gasteiger partial charge in [-0.15, -0.1) is 0 Å². The molecule has 0 fully saturated rings. The van der Waals surface area contributed by atoms with Crippen molar-refractivity contribution in [2.24, 2.45) is 5.84 Å². The van der Waals surface area contributed by atoms with Gasteiger partial charge in [-0.2, -0.15) is 0 Å². The fourth-order valence-electron chi connectivity index (χ4n) is 1.97. The Morgan fingerprint density at radius 1 is 1.28 bits per heavy atom. The fourth-order valence-corrected chi connectivity index (χ4v) is 1.97. The molecule has 1 atom stereocenters. The molecule has 0 aliphatic heterocycles. The molecule has 0 bridgehead atoms. The number of furan rings is 1. The zero-order valence-corrected chi connectivity index (χ0v) is 10.4. The van der Waals surface area contributed by atoms with Crippen LogP contribution in [0.3, 0.4) is 0 Å². The summed E-state index contributed by atoms with van der Waals surface area (Å²) in [7, 11) is 1.67. The summed E-state index contributed by atoms with van der Waals surface area (Å²) in [5, 5.41) is 0. The zero-order chi connectivity index (χ0) is 12.8. The Kier molecular flexibility index (Phi) is 4.39. The lowest BCUT2D eigenvalue weighted by Gasteiger charge is -2.15. The van der Waals surface area contributed by atoms with Crippen molar-refractivity contribution in [2.45, 2.75) is 18.9 Å². The van der Waals surface area contributed by atoms with Crippen molar-refractivity contribution < 1.29 is 9.15 Å². The molecule has 0 aliphatic carbocycles. The monoisotopic (exact) mass is 246 g/mol. The maximum Gasteiger partial charge on any atom is 0.119 e. The number of methoxy groups -OCH3 is 1. The van der Waals surface area contributed by atoms with E-state index in [1.54, 1.807) is 19.6 Å². The van der Waals surface area contributed by atoms with Crippen LogP contribution in [-0.2, 0) is 12.8 Å². The maximum absolute atomic E-state index is 5.60. The first kappa shape index (κ1) is 12.7. The van der Waals surface area contributed by atoms with Gasteiger partial charge in [0.05, 0.1) is 19.6 Å². The van der Waals surface area contributed by atoms with Crippen LogP contribution < -0.4 is 16.0 Å². The van der Waals surface area contributed by atoms with Crippen molar-refractivity contribution >= 4 is 0 Å². The molecule has 0 amide bonds. The quantitative estimate of drug-likeness (QED) is 0.603. The Labute approximate surface area is 107 Å². The van der Waals surface area contributed by atoms with Crippen molar-refractivity contribution in [3.63, 3.8) is 0 Å². The van der Waals surface area contributed by atoms with Gasteiger partial charge in [-0.1, -0.05) is 12.1 Å². The average molecular weight is 246 g/mol. The molecule has 1 unspecified atom stereocenters. The predicted octanol–water partition coefficient (Wildman–Crippen LogP) is 1.91. The van der Waals surface area contributed by atoms with Crippen LogP contribution in [-0.4, -0.2) is 13.2 Å². The van der Waals surface area contributed by atoms with Gasteiger partial charge in [-0.05, 0) is 42.2 Å². The highest BCUT2D eigenvalue weighted by atomic mass is 16.5. The third-order valence-corrected chi connectivity index (χ3v) is 2.91. The van der Waals surface area contributed by atoms with Crippen molar-refractivity contribution in [3.8, 4) is 5.75 Å². The van der Waals surface area contributed by atoms with Crippen LogP contribution in [0.1, 0.15) is 11.1 Å². The lowest BCUT2D eigenvalue weighted by Crippen LogP contribution is -2.38. The molecule has 4 nitrogen and oxygen atoms in total. The Balaban J connectivity index is 2.00. The summed E-state index contributed by atoms with van der Waals surface area (Å²) in [4.78, 5) is 0. The van der Waals surface area contributed by atoms with E-state index in [1.807, 2.05) is 24.3 Å². The van der Waals surface area contributed by atoms with Crippen LogP contribution in [0.2, 0.25) is 0 Å². The molecule has 3 N–H and O–H groups in total. The molecule has 1 aromatic heterocycles. The second-order valence-corrected chi connectivity index (χ2v) is 4.25. The number of rotatable bonds is 6. The van der Waals surface area contributed by atoms with Crippen molar-refractivity contribution in [2.75, 3.05) is 7.11 Å². The van der Waals surface area contributed by atoms with Gasteiger partial charge in [-0.25, -0.2) is 0 Å². The smallest absolute Gasteiger partial charge is 0.119 e. The molecule has 0 saturated carbocycles. The standard InChI is InChI=1S/C14H18N2O2/c1-17-14-4-2-3-11(9-14)7-13(16-15)8-12-5-6-18-10-12/h2-6,9-10,13,16H,7-8,15H2,1H3. The van der Waals surface area contributed by atoms with Gasteiger partial charge in [0, 0.05) is 6.04 Å². The molecule has 18 heavy (non-hydrogen) atoms. The van der Waals surface area contributed by atoms with Crippen LogP contribution in [0.4, 0.5) is 0 Å². The zero-order valence-electron chi connectivity index (χ0n) is 10.4. The number of hydrazine groups is 1. The Bertz CT molecular complexity index is 468. The van der Waals surface area contributed by atoms with Gasteiger partial charge in [0.1, 0.15) is 5.75 Å². The van der Waals surface area contributed by atoms with Crippen LogP contribution >= 0.6 is 0 Å².